The van der Waals surface area contributed by atoms with Crippen molar-refractivity contribution in [1.82, 2.24) is 0 Å². The molecule has 0 N–H and O–H groups in total. The molecule has 0 spiro atoms. The van der Waals surface area contributed by atoms with Crippen molar-refractivity contribution in [3.05, 3.63) is 28.3 Å². The van der Waals surface area contributed by atoms with Crippen molar-refractivity contribution >= 4 is 23.3 Å². The molecular weight excluding hydrogens is 328 g/mol. The highest BCUT2D eigenvalue weighted by molar-refractivity contribution is 6.06. The Morgan fingerprint density at radius 1 is 1.44 bits per heavy atom. The number of nitro groups is 1. The lowest BCUT2D eigenvalue weighted by Crippen LogP contribution is -2.60. The molecule has 0 aliphatic carbocycles. The van der Waals surface area contributed by atoms with Gasteiger partial charge in [-0.15, -0.1) is 0 Å². The maximum absolute atomic E-state index is 13.0. The third-order valence-corrected chi connectivity index (χ3v) is 4.05. The summed E-state index contributed by atoms with van der Waals surface area (Å²) in [5.74, 6) is -0.920. The molecule has 8 nitrogen and oxygen atoms in total. The van der Waals surface area contributed by atoms with Gasteiger partial charge in [0.25, 0.3) is 11.6 Å². The molecule has 2 rings (SSSR count). The first-order valence-corrected chi connectivity index (χ1v) is 8.07. The van der Waals surface area contributed by atoms with Gasteiger partial charge >= 0.3 is 5.97 Å². The summed E-state index contributed by atoms with van der Waals surface area (Å²) in [5, 5.41) is 11.0. The van der Waals surface area contributed by atoms with E-state index in [9.17, 15) is 19.7 Å². The maximum Gasteiger partial charge on any atom is 0.331 e. The molecule has 0 saturated heterocycles. The van der Waals surface area contributed by atoms with E-state index in [4.69, 9.17) is 9.47 Å². The standard InChI is InChI=1S/C17H22N2O6/c1-6-24-16(21)17(4,5)18-12-8-7-11(19(22)23)9-13(12)25-14(10(2)3)15(18)20/h7-10,14H,6H2,1-5H3. The second-order valence-electron chi connectivity index (χ2n) is 6.64. The molecule has 1 amide bonds. The van der Waals surface area contributed by atoms with Crippen LogP contribution in [0.1, 0.15) is 34.6 Å². The molecule has 0 aromatic heterocycles. The average molecular weight is 350 g/mol. The van der Waals surface area contributed by atoms with E-state index in [0.29, 0.717) is 5.69 Å². The number of ether oxygens (including phenoxy) is 2. The lowest BCUT2D eigenvalue weighted by molar-refractivity contribution is -0.384. The van der Waals surface area contributed by atoms with E-state index in [0.717, 1.165) is 0 Å². The van der Waals surface area contributed by atoms with Gasteiger partial charge in [-0.25, -0.2) is 4.79 Å². The predicted octanol–water partition coefficient (Wildman–Crippen LogP) is 2.69. The topological polar surface area (TPSA) is 99.0 Å². The van der Waals surface area contributed by atoms with E-state index in [2.05, 4.69) is 0 Å². The molecule has 1 heterocycles. The summed E-state index contributed by atoms with van der Waals surface area (Å²) in [7, 11) is 0. The number of esters is 1. The summed E-state index contributed by atoms with van der Waals surface area (Å²) in [6, 6.07) is 3.97. The van der Waals surface area contributed by atoms with Crippen LogP contribution in [0.25, 0.3) is 0 Å². The normalized spacial score (nSPS) is 17.1. The Labute approximate surface area is 145 Å². The van der Waals surface area contributed by atoms with Crippen molar-refractivity contribution in [2.75, 3.05) is 11.5 Å². The van der Waals surface area contributed by atoms with E-state index in [1.807, 2.05) is 0 Å². The van der Waals surface area contributed by atoms with Gasteiger partial charge in [0.15, 0.2) is 11.9 Å². The Bertz CT molecular complexity index is 713. The van der Waals surface area contributed by atoms with Crippen molar-refractivity contribution in [2.45, 2.75) is 46.3 Å². The Hall–Kier alpha value is -2.64. The fourth-order valence-corrected chi connectivity index (χ4v) is 2.73. The highest BCUT2D eigenvalue weighted by Crippen LogP contribution is 2.41. The van der Waals surface area contributed by atoms with Crippen LogP contribution < -0.4 is 9.64 Å². The van der Waals surface area contributed by atoms with E-state index in [1.54, 1.807) is 34.6 Å². The van der Waals surface area contributed by atoms with Crippen LogP contribution in [0.2, 0.25) is 0 Å². The Morgan fingerprint density at radius 3 is 2.60 bits per heavy atom. The summed E-state index contributed by atoms with van der Waals surface area (Å²) in [6.07, 6.45) is -0.844. The Morgan fingerprint density at radius 2 is 2.08 bits per heavy atom. The third kappa shape index (κ3) is 3.29. The summed E-state index contributed by atoms with van der Waals surface area (Å²) < 4.78 is 10.8. The van der Waals surface area contributed by atoms with Crippen LogP contribution in [-0.4, -0.2) is 35.0 Å². The minimum absolute atomic E-state index is 0.149. The van der Waals surface area contributed by atoms with Gasteiger partial charge in [0, 0.05) is 6.07 Å². The van der Waals surface area contributed by atoms with Gasteiger partial charge in [0.05, 0.1) is 23.3 Å². The van der Waals surface area contributed by atoms with Crippen molar-refractivity contribution in [3.8, 4) is 5.75 Å². The average Bonchev–Trinajstić information content (AvgIpc) is 2.53. The first-order valence-electron chi connectivity index (χ1n) is 8.07. The number of carbonyl (C=O) groups excluding carboxylic acids is 2. The van der Waals surface area contributed by atoms with Gasteiger partial charge in [0.1, 0.15) is 5.54 Å². The van der Waals surface area contributed by atoms with Gasteiger partial charge in [-0.05, 0) is 32.8 Å². The molecule has 1 aliphatic heterocycles. The summed E-state index contributed by atoms with van der Waals surface area (Å²) in [4.78, 5) is 37.2. The zero-order valence-electron chi connectivity index (χ0n) is 14.9. The Balaban J connectivity index is 2.60. The number of benzene rings is 1. The molecule has 1 atom stereocenters. The molecule has 1 aromatic rings. The summed E-state index contributed by atoms with van der Waals surface area (Å²) >= 11 is 0. The smallest absolute Gasteiger partial charge is 0.331 e. The number of hydrogen-bond acceptors (Lipinski definition) is 6. The molecule has 0 radical (unpaired) electrons. The molecule has 1 aromatic carbocycles. The van der Waals surface area contributed by atoms with E-state index in [1.165, 1.54) is 23.1 Å². The van der Waals surface area contributed by atoms with Crippen molar-refractivity contribution in [2.24, 2.45) is 5.92 Å². The first kappa shape index (κ1) is 18.7. The van der Waals surface area contributed by atoms with E-state index >= 15 is 0 Å². The van der Waals surface area contributed by atoms with Gasteiger partial charge in [-0.2, -0.15) is 0 Å². The van der Waals surface area contributed by atoms with Crippen LogP contribution >= 0.6 is 0 Å². The molecule has 0 saturated carbocycles. The zero-order valence-corrected chi connectivity index (χ0v) is 14.9. The number of rotatable bonds is 5. The van der Waals surface area contributed by atoms with Gasteiger partial charge < -0.3 is 9.47 Å². The van der Waals surface area contributed by atoms with Crippen molar-refractivity contribution in [1.29, 1.82) is 0 Å². The molecule has 25 heavy (non-hydrogen) atoms. The predicted molar refractivity (Wildman–Crippen MR) is 90.5 cm³/mol. The summed E-state index contributed by atoms with van der Waals surface area (Å²) in [5.41, 5.74) is -1.12. The van der Waals surface area contributed by atoms with E-state index < -0.39 is 22.5 Å². The SMILES string of the molecule is CCOC(=O)C(C)(C)N1C(=O)C(C(C)C)Oc2cc([N+](=O)[O-])ccc21. The second-order valence-corrected chi connectivity index (χ2v) is 6.64. The number of non-ortho nitro benzene ring substituents is 1. The molecule has 1 unspecified atom stereocenters. The molecule has 8 heteroatoms. The summed E-state index contributed by atoms with van der Waals surface area (Å²) in [6.45, 7) is 8.64. The van der Waals surface area contributed by atoms with E-state index in [-0.39, 0.29) is 29.9 Å². The lowest BCUT2D eigenvalue weighted by atomic mass is 9.95. The Kier molecular flexibility index (Phi) is 5.01. The quantitative estimate of drug-likeness (QED) is 0.460. The maximum atomic E-state index is 13.0. The third-order valence-electron chi connectivity index (χ3n) is 4.05. The first-order chi connectivity index (χ1) is 11.6. The largest absolute Gasteiger partial charge is 0.478 e. The van der Waals surface area contributed by atoms with Crippen LogP contribution in [0.5, 0.6) is 5.75 Å². The fourth-order valence-electron chi connectivity index (χ4n) is 2.73. The number of hydrogen-bond donors (Lipinski definition) is 0. The number of nitro benzene ring substituents is 1. The number of amides is 1. The van der Waals surface area contributed by atoms with Crippen LogP contribution in [0.15, 0.2) is 18.2 Å². The number of nitrogens with zero attached hydrogens (tertiary/aromatic N) is 2. The van der Waals surface area contributed by atoms with Crippen molar-refractivity contribution in [3.63, 3.8) is 0 Å². The van der Waals surface area contributed by atoms with Crippen LogP contribution in [-0.2, 0) is 14.3 Å². The van der Waals surface area contributed by atoms with Gasteiger partial charge in [0.2, 0.25) is 0 Å². The van der Waals surface area contributed by atoms with Crippen LogP contribution in [0, 0.1) is 16.0 Å². The van der Waals surface area contributed by atoms with Crippen LogP contribution in [0.4, 0.5) is 11.4 Å². The number of fused-ring (bicyclic) bond motifs is 1. The molecule has 0 fully saturated rings. The fraction of sp³-hybridized carbons (Fsp3) is 0.529. The zero-order chi connectivity index (χ0) is 18.9. The minimum Gasteiger partial charge on any atom is -0.478 e. The monoisotopic (exact) mass is 350 g/mol. The molecule has 136 valence electrons. The van der Waals surface area contributed by atoms with Gasteiger partial charge in [-0.1, -0.05) is 13.8 Å². The number of anilines is 1. The molecule has 0 bridgehead atoms. The minimum atomic E-state index is -1.28. The molecular formula is C17H22N2O6. The van der Waals surface area contributed by atoms with Crippen LogP contribution in [0.3, 0.4) is 0 Å². The molecule has 1 aliphatic rings. The lowest BCUT2D eigenvalue weighted by Gasteiger charge is -2.43. The van der Waals surface area contributed by atoms with Gasteiger partial charge in [-0.3, -0.25) is 19.8 Å². The van der Waals surface area contributed by atoms with Crippen molar-refractivity contribution < 1.29 is 24.0 Å². The second kappa shape index (κ2) is 6.70. The highest BCUT2D eigenvalue weighted by Gasteiger charge is 2.47. The highest BCUT2D eigenvalue weighted by atomic mass is 16.6. The number of carbonyl (C=O) groups is 2.